The fourth-order valence-corrected chi connectivity index (χ4v) is 3.58. The number of nitrogens with two attached hydrogens (primary N) is 1. The van der Waals surface area contributed by atoms with Crippen molar-refractivity contribution < 1.29 is 4.79 Å². The molecule has 0 fully saturated rings. The van der Waals surface area contributed by atoms with Crippen LogP contribution in [0.2, 0.25) is 0 Å². The molecule has 6 nitrogen and oxygen atoms in total. The maximum absolute atomic E-state index is 13.2. The first kappa shape index (κ1) is 25.4. The van der Waals surface area contributed by atoms with Gasteiger partial charge < -0.3 is 11.1 Å². The van der Waals surface area contributed by atoms with Gasteiger partial charge in [-0.15, -0.1) is 36.2 Å². The van der Waals surface area contributed by atoms with E-state index in [-0.39, 0.29) is 42.7 Å². The summed E-state index contributed by atoms with van der Waals surface area (Å²) in [5, 5.41) is 10.4. The smallest absolute Gasteiger partial charge is 0.252 e. The van der Waals surface area contributed by atoms with Crippen LogP contribution in [-0.2, 0) is 0 Å². The molecule has 0 aliphatic carbocycles. The average molecular weight is 458 g/mol. The lowest BCUT2D eigenvalue weighted by Crippen LogP contribution is -2.55. The Labute approximate surface area is 188 Å². The molecule has 0 bridgehead atoms. The number of rotatable bonds is 6. The van der Waals surface area contributed by atoms with Gasteiger partial charge in [0.1, 0.15) is 0 Å². The summed E-state index contributed by atoms with van der Waals surface area (Å²) in [7, 11) is 0. The third kappa shape index (κ3) is 4.91. The van der Waals surface area contributed by atoms with Crippen LogP contribution >= 0.6 is 36.2 Å². The first-order valence-electron chi connectivity index (χ1n) is 9.21. The Bertz CT molecular complexity index is 955. The number of thiophene rings is 1. The van der Waals surface area contributed by atoms with Gasteiger partial charge in [0.15, 0.2) is 5.65 Å². The molecule has 0 spiro atoms. The predicted molar refractivity (Wildman–Crippen MR) is 125 cm³/mol. The van der Waals surface area contributed by atoms with Gasteiger partial charge in [0, 0.05) is 12.6 Å². The summed E-state index contributed by atoms with van der Waals surface area (Å²) in [6.07, 6.45) is 1.73. The molecular weight excluding hydrogens is 429 g/mol. The Morgan fingerprint density at radius 2 is 2.00 bits per heavy atom. The monoisotopic (exact) mass is 457 g/mol. The summed E-state index contributed by atoms with van der Waals surface area (Å²) < 4.78 is 1.85. The number of amides is 1. The van der Waals surface area contributed by atoms with Crippen molar-refractivity contribution in [2.45, 2.75) is 46.2 Å². The van der Waals surface area contributed by atoms with E-state index in [0.29, 0.717) is 12.1 Å². The zero-order valence-electron chi connectivity index (χ0n) is 17.3. The Morgan fingerprint density at radius 1 is 1.31 bits per heavy atom. The molecule has 29 heavy (non-hydrogen) atoms. The van der Waals surface area contributed by atoms with E-state index in [1.165, 1.54) is 0 Å². The maximum Gasteiger partial charge on any atom is 0.252 e. The van der Waals surface area contributed by atoms with Crippen LogP contribution in [0.1, 0.15) is 51.0 Å². The standard InChI is InChI=1S/C20H27N5OS.2ClH/c1-12(2)20(5,11-21)24-19(26)14-9-16(17-7-6-8-27-17)23-18-15(14)10-22-25(18)13(3)4;;/h6-10,12-13H,11,21H2,1-5H3,(H,24,26);2*1H. The number of pyridine rings is 1. The number of aromatic nitrogens is 3. The van der Waals surface area contributed by atoms with Crippen LogP contribution in [0.15, 0.2) is 29.8 Å². The highest BCUT2D eigenvalue weighted by atomic mass is 35.5. The molecule has 3 aromatic rings. The molecule has 3 N–H and O–H groups in total. The van der Waals surface area contributed by atoms with Crippen molar-refractivity contribution in [1.82, 2.24) is 20.1 Å². The van der Waals surface area contributed by atoms with Crippen molar-refractivity contribution in [3.05, 3.63) is 35.3 Å². The second-order valence-corrected chi connectivity index (χ2v) is 8.63. The lowest BCUT2D eigenvalue weighted by atomic mass is 9.88. The van der Waals surface area contributed by atoms with E-state index >= 15 is 0 Å². The Kier molecular flexibility index (Phi) is 8.65. The molecule has 3 aromatic heterocycles. The van der Waals surface area contributed by atoms with Gasteiger partial charge in [-0.25, -0.2) is 9.67 Å². The van der Waals surface area contributed by atoms with Crippen molar-refractivity contribution in [1.29, 1.82) is 0 Å². The van der Waals surface area contributed by atoms with E-state index in [0.717, 1.165) is 21.6 Å². The molecular formula is C20H29Cl2N5OS. The summed E-state index contributed by atoms with van der Waals surface area (Å²) in [6.45, 7) is 10.6. The van der Waals surface area contributed by atoms with Gasteiger partial charge in [0.25, 0.3) is 5.91 Å². The van der Waals surface area contributed by atoms with Crippen molar-refractivity contribution in [2.75, 3.05) is 6.54 Å². The van der Waals surface area contributed by atoms with Crippen molar-refractivity contribution in [2.24, 2.45) is 11.7 Å². The van der Waals surface area contributed by atoms with Crippen LogP contribution in [0.4, 0.5) is 0 Å². The molecule has 0 saturated heterocycles. The van der Waals surface area contributed by atoms with Gasteiger partial charge in [-0.1, -0.05) is 19.9 Å². The van der Waals surface area contributed by atoms with E-state index in [9.17, 15) is 4.79 Å². The number of hydrogen-bond acceptors (Lipinski definition) is 5. The average Bonchev–Trinajstić information content (AvgIpc) is 3.29. The predicted octanol–water partition coefficient (Wildman–Crippen LogP) is 4.69. The molecule has 0 saturated carbocycles. The number of nitrogens with one attached hydrogen (secondary N) is 1. The van der Waals surface area contributed by atoms with Crippen LogP contribution in [0.5, 0.6) is 0 Å². The van der Waals surface area contributed by atoms with E-state index < -0.39 is 5.54 Å². The third-order valence-electron chi connectivity index (χ3n) is 5.17. The quantitative estimate of drug-likeness (QED) is 0.561. The minimum atomic E-state index is -0.482. The molecule has 0 radical (unpaired) electrons. The van der Waals surface area contributed by atoms with Gasteiger partial charge in [0.05, 0.1) is 33.3 Å². The maximum atomic E-state index is 13.2. The molecule has 160 valence electrons. The third-order valence-corrected chi connectivity index (χ3v) is 6.06. The molecule has 0 aliphatic rings. The van der Waals surface area contributed by atoms with Gasteiger partial charge in [-0.2, -0.15) is 5.10 Å². The summed E-state index contributed by atoms with van der Waals surface area (Å²) in [6, 6.07) is 5.99. The minimum Gasteiger partial charge on any atom is -0.345 e. The SMILES string of the molecule is CC(C)n1ncc2c(C(=O)NC(C)(CN)C(C)C)cc(-c3cccs3)nc21.Cl.Cl. The van der Waals surface area contributed by atoms with Crippen molar-refractivity contribution in [3.63, 3.8) is 0 Å². The molecule has 3 heterocycles. The molecule has 0 aromatic carbocycles. The van der Waals surface area contributed by atoms with Gasteiger partial charge in [-0.3, -0.25) is 4.79 Å². The Hall–Kier alpha value is -1.67. The highest BCUT2D eigenvalue weighted by Crippen LogP contribution is 2.29. The summed E-state index contributed by atoms with van der Waals surface area (Å²) >= 11 is 1.60. The van der Waals surface area contributed by atoms with E-state index in [2.05, 4.69) is 38.1 Å². The van der Waals surface area contributed by atoms with Crippen LogP contribution < -0.4 is 11.1 Å². The van der Waals surface area contributed by atoms with Crippen molar-refractivity contribution in [3.8, 4) is 10.6 Å². The molecule has 1 amide bonds. The molecule has 0 aliphatic heterocycles. The summed E-state index contributed by atoms with van der Waals surface area (Å²) in [5.41, 5.74) is 7.56. The normalized spacial score (nSPS) is 13.1. The highest BCUT2D eigenvalue weighted by Gasteiger charge is 2.30. The van der Waals surface area contributed by atoms with Gasteiger partial charge in [0.2, 0.25) is 0 Å². The lowest BCUT2D eigenvalue weighted by molar-refractivity contribution is 0.0885. The fourth-order valence-electron chi connectivity index (χ4n) is 2.89. The van der Waals surface area contributed by atoms with Crippen LogP contribution in [0.3, 0.4) is 0 Å². The second kappa shape index (κ2) is 9.89. The van der Waals surface area contributed by atoms with Crippen LogP contribution in [-0.4, -0.2) is 32.8 Å². The Morgan fingerprint density at radius 3 is 2.52 bits per heavy atom. The fraction of sp³-hybridized carbons (Fsp3) is 0.450. The second-order valence-electron chi connectivity index (χ2n) is 7.68. The first-order chi connectivity index (χ1) is 12.8. The lowest BCUT2D eigenvalue weighted by Gasteiger charge is -2.33. The number of carbonyl (C=O) groups excluding carboxylic acids is 1. The van der Waals surface area contributed by atoms with Gasteiger partial charge >= 0.3 is 0 Å². The minimum absolute atomic E-state index is 0. The summed E-state index contributed by atoms with van der Waals surface area (Å²) in [4.78, 5) is 19.0. The Balaban J connectivity index is 0.00000210. The molecule has 1 unspecified atom stereocenters. The summed E-state index contributed by atoms with van der Waals surface area (Å²) in [5.74, 6) is 0.0593. The van der Waals surface area contributed by atoms with Gasteiger partial charge in [-0.05, 0) is 44.2 Å². The van der Waals surface area contributed by atoms with E-state index in [1.54, 1.807) is 17.5 Å². The number of carbonyl (C=O) groups is 1. The van der Waals surface area contributed by atoms with Crippen molar-refractivity contribution >= 4 is 53.1 Å². The zero-order valence-corrected chi connectivity index (χ0v) is 19.8. The molecule has 3 rings (SSSR count). The number of fused-ring (bicyclic) bond motifs is 1. The molecule has 9 heteroatoms. The van der Waals surface area contributed by atoms with E-state index in [1.807, 2.05) is 35.2 Å². The first-order valence-corrected chi connectivity index (χ1v) is 10.1. The molecule has 1 atom stereocenters. The number of halogens is 2. The largest absolute Gasteiger partial charge is 0.345 e. The topological polar surface area (TPSA) is 85.8 Å². The number of hydrogen-bond donors (Lipinski definition) is 2. The van der Waals surface area contributed by atoms with Crippen LogP contribution in [0.25, 0.3) is 21.6 Å². The number of nitrogens with zero attached hydrogens (tertiary/aromatic N) is 3. The van der Waals surface area contributed by atoms with E-state index in [4.69, 9.17) is 10.7 Å². The highest BCUT2D eigenvalue weighted by molar-refractivity contribution is 7.13. The zero-order chi connectivity index (χ0) is 19.8. The van der Waals surface area contributed by atoms with Crippen LogP contribution in [0, 0.1) is 5.92 Å².